The van der Waals surface area contributed by atoms with Crippen LogP contribution in [0.5, 0.6) is 0 Å². The summed E-state index contributed by atoms with van der Waals surface area (Å²) >= 11 is 0. The minimum absolute atomic E-state index is 0.326. The highest BCUT2D eigenvalue weighted by molar-refractivity contribution is 6.01. The lowest BCUT2D eigenvalue weighted by Crippen LogP contribution is -2.25. The molecule has 0 aliphatic carbocycles. The maximum Gasteiger partial charge on any atom is 0.338 e. The predicted octanol–water partition coefficient (Wildman–Crippen LogP) is 2.07. The van der Waals surface area contributed by atoms with Crippen molar-refractivity contribution < 1.29 is 28.6 Å². The summed E-state index contributed by atoms with van der Waals surface area (Å²) < 4.78 is 14.4. The van der Waals surface area contributed by atoms with Crippen molar-refractivity contribution in [2.24, 2.45) is 0 Å². The Balaban J connectivity index is 3.01. The van der Waals surface area contributed by atoms with E-state index in [2.05, 4.69) is 9.47 Å². The van der Waals surface area contributed by atoms with Crippen LogP contribution in [0.1, 0.15) is 42.6 Å². The molecule has 0 N–H and O–H groups in total. The molecule has 0 saturated heterocycles. The number of hydrogen-bond donors (Lipinski definition) is 0. The number of carbonyl (C=O) groups excluding carboxylic acids is 3. The maximum absolute atomic E-state index is 11.9. The third-order valence-electron chi connectivity index (χ3n) is 2.75. The number of carbonyl (C=O) groups is 3. The van der Waals surface area contributed by atoms with E-state index in [1.54, 1.807) is 20.8 Å². The van der Waals surface area contributed by atoms with Gasteiger partial charge in [0.25, 0.3) is 0 Å². The lowest BCUT2D eigenvalue weighted by atomic mass is 9.98. The lowest BCUT2D eigenvalue weighted by Gasteiger charge is -2.19. The number of methoxy groups -OCH3 is 2. The molecule has 0 heterocycles. The fourth-order valence-corrected chi connectivity index (χ4v) is 1.75. The van der Waals surface area contributed by atoms with Crippen LogP contribution >= 0.6 is 0 Å². The summed E-state index contributed by atoms with van der Waals surface area (Å²) in [4.78, 5) is 35.3. The largest absolute Gasteiger partial charge is 0.468 e. The van der Waals surface area contributed by atoms with Crippen molar-refractivity contribution in [2.75, 3.05) is 14.2 Å². The van der Waals surface area contributed by atoms with Crippen LogP contribution in [0, 0.1) is 0 Å². The smallest absolute Gasteiger partial charge is 0.338 e. The average Bonchev–Trinajstić information content (AvgIpc) is 2.45. The van der Waals surface area contributed by atoms with Crippen molar-refractivity contribution in [3.8, 4) is 0 Å². The Morgan fingerprint density at radius 1 is 0.909 bits per heavy atom. The molecule has 0 aliphatic heterocycles. The summed E-state index contributed by atoms with van der Waals surface area (Å²) in [5.74, 6) is -3.11. The van der Waals surface area contributed by atoms with Crippen molar-refractivity contribution in [3.05, 3.63) is 35.4 Å². The molecule has 0 bridgehead atoms. The van der Waals surface area contributed by atoms with Gasteiger partial charge in [-0.1, -0.05) is 12.1 Å². The Labute approximate surface area is 129 Å². The topological polar surface area (TPSA) is 78.9 Å². The van der Waals surface area contributed by atoms with E-state index in [1.165, 1.54) is 38.5 Å². The van der Waals surface area contributed by atoms with Crippen molar-refractivity contribution in [1.29, 1.82) is 0 Å². The first-order valence-corrected chi connectivity index (χ1v) is 6.68. The third-order valence-corrected chi connectivity index (χ3v) is 2.75. The van der Waals surface area contributed by atoms with E-state index in [-0.39, 0.29) is 0 Å². The summed E-state index contributed by atoms with van der Waals surface area (Å²) in [6, 6.07) is 5.97. The van der Waals surface area contributed by atoms with E-state index >= 15 is 0 Å². The molecule has 0 fully saturated rings. The van der Waals surface area contributed by atoms with Gasteiger partial charge < -0.3 is 14.2 Å². The van der Waals surface area contributed by atoms with Crippen LogP contribution in [0.3, 0.4) is 0 Å². The SMILES string of the molecule is COC(=O)C(C(=O)OC)c1ccc(C(=O)OC(C)(C)C)cc1. The molecular formula is C16H20O6. The highest BCUT2D eigenvalue weighted by Gasteiger charge is 2.30. The van der Waals surface area contributed by atoms with E-state index < -0.39 is 29.4 Å². The monoisotopic (exact) mass is 308 g/mol. The molecule has 0 spiro atoms. The first-order valence-electron chi connectivity index (χ1n) is 6.68. The van der Waals surface area contributed by atoms with Gasteiger partial charge in [0, 0.05) is 0 Å². The van der Waals surface area contributed by atoms with Crippen LogP contribution < -0.4 is 0 Å². The second-order valence-corrected chi connectivity index (χ2v) is 5.60. The molecule has 0 aromatic heterocycles. The van der Waals surface area contributed by atoms with Crippen LogP contribution in [-0.4, -0.2) is 37.7 Å². The first kappa shape index (κ1) is 17.7. The van der Waals surface area contributed by atoms with E-state index in [4.69, 9.17) is 4.74 Å². The van der Waals surface area contributed by atoms with Gasteiger partial charge in [-0.2, -0.15) is 0 Å². The lowest BCUT2D eigenvalue weighted by molar-refractivity contribution is -0.154. The Hall–Kier alpha value is -2.37. The minimum atomic E-state index is -1.18. The molecule has 22 heavy (non-hydrogen) atoms. The van der Waals surface area contributed by atoms with Crippen LogP contribution in [0.25, 0.3) is 0 Å². The van der Waals surface area contributed by atoms with Gasteiger partial charge in [0.05, 0.1) is 19.8 Å². The average molecular weight is 308 g/mol. The van der Waals surface area contributed by atoms with Gasteiger partial charge in [-0.15, -0.1) is 0 Å². The zero-order valence-corrected chi connectivity index (χ0v) is 13.3. The van der Waals surface area contributed by atoms with Gasteiger partial charge in [-0.25, -0.2) is 4.79 Å². The number of ether oxygens (including phenoxy) is 3. The minimum Gasteiger partial charge on any atom is -0.468 e. The summed E-state index contributed by atoms with van der Waals surface area (Å²) in [5, 5.41) is 0. The molecule has 0 atom stereocenters. The molecule has 1 aromatic carbocycles. The highest BCUT2D eigenvalue weighted by atomic mass is 16.6. The van der Waals surface area contributed by atoms with Crippen molar-refractivity contribution >= 4 is 17.9 Å². The van der Waals surface area contributed by atoms with Gasteiger partial charge in [0.2, 0.25) is 0 Å². The number of benzene rings is 1. The zero-order chi connectivity index (χ0) is 16.9. The van der Waals surface area contributed by atoms with Crippen molar-refractivity contribution in [3.63, 3.8) is 0 Å². The van der Waals surface area contributed by atoms with Gasteiger partial charge in [0.1, 0.15) is 5.60 Å². The summed E-state index contributed by atoms with van der Waals surface area (Å²) in [5.41, 5.74) is 0.106. The van der Waals surface area contributed by atoms with Crippen LogP contribution in [-0.2, 0) is 23.8 Å². The van der Waals surface area contributed by atoms with Crippen molar-refractivity contribution in [1.82, 2.24) is 0 Å². The quantitative estimate of drug-likeness (QED) is 0.481. The normalized spacial score (nSPS) is 11.0. The molecule has 0 amide bonds. The van der Waals surface area contributed by atoms with E-state index in [9.17, 15) is 14.4 Å². The molecular weight excluding hydrogens is 288 g/mol. The van der Waals surface area contributed by atoms with Crippen LogP contribution in [0.15, 0.2) is 24.3 Å². The Morgan fingerprint density at radius 3 is 1.73 bits per heavy atom. The molecule has 0 radical (unpaired) electrons. The molecule has 6 heteroatoms. The van der Waals surface area contributed by atoms with E-state index in [0.29, 0.717) is 11.1 Å². The zero-order valence-electron chi connectivity index (χ0n) is 13.3. The Morgan fingerprint density at radius 2 is 1.36 bits per heavy atom. The molecule has 1 aromatic rings. The molecule has 6 nitrogen and oxygen atoms in total. The molecule has 0 aliphatic rings. The van der Waals surface area contributed by atoms with Crippen LogP contribution in [0.4, 0.5) is 0 Å². The second kappa shape index (κ2) is 7.06. The van der Waals surface area contributed by atoms with Crippen LogP contribution in [0.2, 0.25) is 0 Å². The molecule has 0 saturated carbocycles. The summed E-state index contributed by atoms with van der Waals surface area (Å²) in [6.07, 6.45) is 0. The van der Waals surface area contributed by atoms with Gasteiger partial charge >= 0.3 is 17.9 Å². The second-order valence-electron chi connectivity index (χ2n) is 5.60. The number of rotatable bonds is 4. The standard InChI is InChI=1S/C16H20O6/c1-16(2,3)22-13(17)11-8-6-10(7-9-11)12(14(18)20-4)15(19)21-5/h6-9,12H,1-5H3. The third kappa shape index (κ3) is 4.58. The van der Waals surface area contributed by atoms with Crippen molar-refractivity contribution in [2.45, 2.75) is 32.3 Å². The predicted molar refractivity (Wildman–Crippen MR) is 78.4 cm³/mol. The summed E-state index contributed by atoms with van der Waals surface area (Å²) in [7, 11) is 2.38. The molecule has 1 rings (SSSR count). The highest BCUT2D eigenvalue weighted by Crippen LogP contribution is 2.21. The number of hydrogen-bond acceptors (Lipinski definition) is 6. The Kier molecular flexibility index (Phi) is 5.68. The Bertz CT molecular complexity index is 537. The molecule has 0 unspecified atom stereocenters. The summed E-state index contributed by atoms with van der Waals surface area (Å²) in [6.45, 7) is 5.30. The van der Waals surface area contributed by atoms with Gasteiger partial charge in [0.15, 0.2) is 5.92 Å². The maximum atomic E-state index is 11.9. The van der Waals surface area contributed by atoms with Gasteiger partial charge in [-0.05, 0) is 38.5 Å². The van der Waals surface area contributed by atoms with E-state index in [1.807, 2.05) is 0 Å². The fourth-order valence-electron chi connectivity index (χ4n) is 1.75. The van der Waals surface area contributed by atoms with Gasteiger partial charge in [-0.3, -0.25) is 9.59 Å². The first-order chi connectivity index (χ1) is 10.2. The number of esters is 3. The fraction of sp³-hybridized carbons (Fsp3) is 0.438. The van der Waals surface area contributed by atoms with E-state index in [0.717, 1.165) is 0 Å². The molecule has 120 valence electrons.